The second-order valence-electron chi connectivity index (χ2n) is 7.51. The third-order valence-corrected chi connectivity index (χ3v) is 5.34. The number of pyridine rings is 1. The number of imide groups is 1. The molecule has 0 radical (unpaired) electrons. The maximum absolute atomic E-state index is 13.5. The summed E-state index contributed by atoms with van der Waals surface area (Å²) in [5.74, 6) is -0.342. The average Bonchev–Trinajstić information content (AvgIpc) is 3.41. The number of hydrogen-bond donors (Lipinski definition) is 1. The van der Waals surface area contributed by atoms with Gasteiger partial charge in [0.15, 0.2) is 5.65 Å². The number of nitrogens with zero attached hydrogens (tertiary/aromatic N) is 4. The van der Waals surface area contributed by atoms with Gasteiger partial charge in [0.25, 0.3) is 5.91 Å². The molecule has 3 heterocycles. The lowest BCUT2D eigenvalue weighted by Gasteiger charge is -2.28. The van der Waals surface area contributed by atoms with Crippen LogP contribution in [0.1, 0.15) is 47.4 Å². The lowest BCUT2D eigenvalue weighted by molar-refractivity contribution is -0.133. The molecule has 0 aromatic carbocycles. The molecular formula is C19H25N5O2. The first-order chi connectivity index (χ1) is 12.5. The zero-order chi connectivity index (χ0) is 18.4. The third-order valence-electron chi connectivity index (χ3n) is 5.34. The SMILES string of the molecule is Cc1cc(C(=O)N(C(=O)C2CCCNC2)C2CC2)c2c(C)nn(C)c2n1. The lowest BCUT2D eigenvalue weighted by atomic mass is 9.97. The number of carbonyl (C=O) groups is 2. The number of fused-ring (bicyclic) bond motifs is 1. The van der Waals surface area contributed by atoms with E-state index in [4.69, 9.17) is 0 Å². The molecule has 26 heavy (non-hydrogen) atoms. The van der Waals surface area contributed by atoms with Crippen LogP contribution in [0.4, 0.5) is 0 Å². The van der Waals surface area contributed by atoms with E-state index in [9.17, 15) is 9.59 Å². The number of carbonyl (C=O) groups excluding carboxylic acids is 2. The molecule has 1 unspecified atom stereocenters. The maximum atomic E-state index is 13.5. The van der Waals surface area contributed by atoms with Gasteiger partial charge in [0, 0.05) is 25.3 Å². The number of rotatable bonds is 3. The maximum Gasteiger partial charge on any atom is 0.261 e. The smallest absolute Gasteiger partial charge is 0.261 e. The highest BCUT2D eigenvalue weighted by Crippen LogP contribution is 2.32. The summed E-state index contributed by atoms with van der Waals surface area (Å²) in [6, 6.07) is 1.83. The molecule has 1 atom stereocenters. The number of piperidine rings is 1. The van der Waals surface area contributed by atoms with Crippen molar-refractivity contribution < 1.29 is 9.59 Å². The van der Waals surface area contributed by atoms with Gasteiger partial charge in [-0.05, 0) is 52.1 Å². The molecule has 138 valence electrons. The monoisotopic (exact) mass is 355 g/mol. The number of hydrogen-bond acceptors (Lipinski definition) is 5. The molecule has 7 heteroatoms. The highest BCUT2D eigenvalue weighted by Gasteiger charge is 2.41. The van der Waals surface area contributed by atoms with E-state index in [1.165, 1.54) is 4.90 Å². The van der Waals surface area contributed by atoms with Crippen LogP contribution in [0.2, 0.25) is 0 Å². The molecule has 0 spiro atoms. The molecule has 2 aromatic rings. The molecule has 2 aliphatic rings. The zero-order valence-corrected chi connectivity index (χ0v) is 15.6. The number of amides is 2. The van der Waals surface area contributed by atoms with Crippen LogP contribution in [-0.2, 0) is 11.8 Å². The van der Waals surface area contributed by atoms with Crippen LogP contribution in [0.5, 0.6) is 0 Å². The summed E-state index contributed by atoms with van der Waals surface area (Å²) in [5, 5.41) is 8.45. The minimum absolute atomic E-state index is 0.0335. The van der Waals surface area contributed by atoms with Gasteiger partial charge in [-0.1, -0.05) is 0 Å². The van der Waals surface area contributed by atoms with Crippen molar-refractivity contribution in [3.05, 3.63) is 23.0 Å². The summed E-state index contributed by atoms with van der Waals surface area (Å²) in [7, 11) is 1.83. The number of aromatic nitrogens is 3. The summed E-state index contributed by atoms with van der Waals surface area (Å²) in [6.07, 6.45) is 3.62. The Kier molecular flexibility index (Phi) is 4.26. The Labute approximate surface area is 152 Å². The molecular weight excluding hydrogens is 330 g/mol. The van der Waals surface area contributed by atoms with Gasteiger partial charge < -0.3 is 5.32 Å². The Morgan fingerprint density at radius 3 is 2.69 bits per heavy atom. The van der Waals surface area contributed by atoms with Crippen molar-refractivity contribution >= 4 is 22.8 Å². The second-order valence-corrected chi connectivity index (χ2v) is 7.51. The van der Waals surface area contributed by atoms with Crippen molar-refractivity contribution in [1.29, 1.82) is 0 Å². The molecule has 1 aliphatic heterocycles. The summed E-state index contributed by atoms with van der Waals surface area (Å²) in [4.78, 5) is 32.6. The highest BCUT2D eigenvalue weighted by atomic mass is 16.2. The summed E-state index contributed by atoms with van der Waals surface area (Å²) < 4.78 is 1.70. The predicted molar refractivity (Wildman–Crippen MR) is 97.8 cm³/mol. The van der Waals surface area contributed by atoms with E-state index in [-0.39, 0.29) is 23.8 Å². The summed E-state index contributed by atoms with van der Waals surface area (Å²) in [6.45, 7) is 5.35. The molecule has 1 N–H and O–H groups in total. The minimum atomic E-state index is -0.199. The van der Waals surface area contributed by atoms with E-state index in [2.05, 4.69) is 15.4 Å². The predicted octanol–water partition coefficient (Wildman–Crippen LogP) is 1.72. The van der Waals surface area contributed by atoms with E-state index in [1.807, 2.05) is 20.9 Å². The zero-order valence-electron chi connectivity index (χ0n) is 15.6. The van der Waals surface area contributed by atoms with Crippen LogP contribution in [0.25, 0.3) is 11.0 Å². The number of aryl methyl sites for hydroxylation is 3. The van der Waals surface area contributed by atoms with Crippen LogP contribution in [0.3, 0.4) is 0 Å². The molecule has 4 rings (SSSR count). The average molecular weight is 355 g/mol. The molecule has 1 saturated heterocycles. The fraction of sp³-hybridized carbons (Fsp3) is 0.579. The van der Waals surface area contributed by atoms with E-state index in [1.54, 1.807) is 10.7 Å². The van der Waals surface area contributed by atoms with Crippen LogP contribution in [0, 0.1) is 19.8 Å². The second kappa shape index (κ2) is 6.46. The lowest BCUT2D eigenvalue weighted by Crippen LogP contribution is -2.46. The van der Waals surface area contributed by atoms with E-state index in [0.29, 0.717) is 17.8 Å². The molecule has 1 aliphatic carbocycles. The first-order valence-corrected chi connectivity index (χ1v) is 9.36. The fourth-order valence-corrected chi connectivity index (χ4v) is 3.91. The Balaban J connectivity index is 1.75. The van der Waals surface area contributed by atoms with Crippen molar-refractivity contribution in [2.45, 2.75) is 45.6 Å². The quantitative estimate of drug-likeness (QED) is 0.848. The largest absolute Gasteiger partial charge is 0.316 e. The van der Waals surface area contributed by atoms with E-state index >= 15 is 0 Å². The van der Waals surface area contributed by atoms with Crippen molar-refractivity contribution in [2.75, 3.05) is 13.1 Å². The Morgan fingerprint density at radius 2 is 2.04 bits per heavy atom. The molecule has 0 bridgehead atoms. The van der Waals surface area contributed by atoms with Gasteiger partial charge in [0.1, 0.15) is 0 Å². The van der Waals surface area contributed by atoms with Crippen molar-refractivity contribution in [2.24, 2.45) is 13.0 Å². The van der Waals surface area contributed by atoms with Crippen LogP contribution in [-0.4, -0.2) is 50.6 Å². The van der Waals surface area contributed by atoms with Gasteiger partial charge in [0.2, 0.25) is 5.91 Å². The third kappa shape index (κ3) is 2.90. The molecule has 7 nitrogen and oxygen atoms in total. The van der Waals surface area contributed by atoms with Crippen molar-refractivity contribution in [1.82, 2.24) is 25.0 Å². The topological polar surface area (TPSA) is 80.1 Å². The standard InChI is InChI=1S/C19H25N5O2/c1-11-9-15(16-12(2)22-23(3)17(16)21-11)19(26)24(14-6-7-14)18(25)13-5-4-8-20-10-13/h9,13-14,20H,4-8,10H2,1-3H3. The summed E-state index contributed by atoms with van der Waals surface area (Å²) >= 11 is 0. The van der Waals surface area contributed by atoms with Gasteiger partial charge in [-0.15, -0.1) is 0 Å². The van der Waals surface area contributed by atoms with Crippen molar-refractivity contribution in [3.8, 4) is 0 Å². The molecule has 2 amide bonds. The fourth-order valence-electron chi connectivity index (χ4n) is 3.91. The Hall–Kier alpha value is -2.28. The Morgan fingerprint density at radius 1 is 1.27 bits per heavy atom. The molecule has 2 fully saturated rings. The molecule has 1 saturated carbocycles. The molecule has 2 aromatic heterocycles. The first kappa shape index (κ1) is 17.1. The van der Waals surface area contributed by atoms with E-state index in [0.717, 1.165) is 49.0 Å². The normalized spacial score (nSPS) is 20.3. The Bertz CT molecular complexity index is 878. The first-order valence-electron chi connectivity index (χ1n) is 9.36. The van der Waals surface area contributed by atoms with Crippen molar-refractivity contribution in [3.63, 3.8) is 0 Å². The van der Waals surface area contributed by atoms with Gasteiger partial charge in [0.05, 0.1) is 22.6 Å². The number of nitrogens with one attached hydrogen (secondary N) is 1. The minimum Gasteiger partial charge on any atom is -0.316 e. The van der Waals surface area contributed by atoms with Gasteiger partial charge >= 0.3 is 0 Å². The van der Waals surface area contributed by atoms with E-state index < -0.39 is 0 Å². The van der Waals surface area contributed by atoms with Gasteiger partial charge in [-0.25, -0.2) is 4.98 Å². The van der Waals surface area contributed by atoms with Crippen LogP contribution in [0.15, 0.2) is 6.07 Å². The van der Waals surface area contributed by atoms with Crippen LogP contribution < -0.4 is 5.32 Å². The van der Waals surface area contributed by atoms with Gasteiger partial charge in [-0.2, -0.15) is 5.10 Å². The van der Waals surface area contributed by atoms with Crippen LogP contribution >= 0.6 is 0 Å². The summed E-state index contributed by atoms with van der Waals surface area (Å²) in [5.41, 5.74) is 2.75. The highest BCUT2D eigenvalue weighted by molar-refractivity contribution is 6.12. The van der Waals surface area contributed by atoms with Gasteiger partial charge in [-0.3, -0.25) is 19.2 Å².